The molecule has 0 spiro atoms. The number of hydrogen-bond donors (Lipinski definition) is 2. The summed E-state index contributed by atoms with van der Waals surface area (Å²) < 4.78 is 86.1. The van der Waals surface area contributed by atoms with Gasteiger partial charge in [0.25, 0.3) is 5.56 Å². The number of nitrogens with zero attached hydrogens (tertiary/aromatic N) is 1. The minimum absolute atomic E-state index is 1.24. The minimum Gasteiger partial charge on any atom is -0.271 e. The maximum Gasteiger partial charge on any atom is 0.460 e. The minimum atomic E-state index is -6.52. The monoisotopic (exact) mass is 313 g/mol. The molecule has 1 aromatic rings. The zero-order chi connectivity index (χ0) is 15.1. The van der Waals surface area contributed by atoms with Crippen molar-refractivity contribution in [1.82, 2.24) is 15.2 Å². The Kier molecular flexibility index (Phi) is 3.71. The van der Waals surface area contributed by atoms with Gasteiger partial charge in [-0.25, -0.2) is 9.89 Å². The number of nitrogens with one attached hydrogen (secondary N) is 2. The van der Waals surface area contributed by atoms with E-state index in [-0.39, 0.29) is 0 Å². The molecule has 0 radical (unpaired) electrons. The molecule has 1 rings (SSSR count). The van der Waals surface area contributed by atoms with Crippen molar-refractivity contribution >= 4 is 11.8 Å². The van der Waals surface area contributed by atoms with Crippen molar-refractivity contribution < 1.29 is 30.7 Å². The van der Waals surface area contributed by atoms with Crippen molar-refractivity contribution in [3.8, 4) is 0 Å². The van der Waals surface area contributed by atoms with Crippen molar-refractivity contribution in [3.05, 3.63) is 20.8 Å². The lowest BCUT2D eigenvalue weighted by molar-refractivity contribution is -0.330. The summed E-state index contributed by atoms with van der Waals surface area (Å²) in [6.07, 6.45) is -6.52. The topological polar surface area (TPSA) is 78.6 Å². The van der Waals surface area contributed by atoms with E-state index in [1.807, 2.05) is 0 Å². The first-order valence-electron chi connectivity index (χ1n) is 4.09. The maximum atomic E-state index is 12.9. The molecule has 0 unspecified atom stereocenters. The molecule has 108 valence electrons. The van der Waals surface area contributed by atoms with Crippen LogP contribution in [0.4, 0.5) is 30.7 Å². The summed E-state index contributed by atoms with van der Waals surface area (Å²) in [7, 11) is 0. The van der Waals surface area contributed by atoms with Crippen molar-refractivity contribution in [2.45, 2.75) is 22.4 Å². The lowest BCUT2D eigenvalue weighted by Gasteiger charge is -2.26. The molecule has 0 atom stereocenters. The predicted molar refractivity (Wildman–Crippen MR) is 47.3 cm³/mol. The van der Waals surface area contributed by atoms with Crippen molar-refractivity contribution in [1.29, 1.82) is 0 Å². The standard InChI is InChI=1S/C6H2F7N3O2S/c7-4(8,5(9,10)11)6(12,13)19-2-1(17)14-3(18)16-15-2/h(H2,14,16,17,18). The summed E-state index contributed by atoms with van der Waals surface area (Å²) in [4.78, 5) is 22.7. The normalized spacial score (nSPS) is 13.6. The fourth-order valence-corrected chi connectivity index (χ4v) is 1.48. The fourth-order valence-electron chi connectivity index (χ4n) is 0.757. The Balaban J connectivity index is 3.16. The molecule has 13 heteroatoms. The van der Waals surface area contributed by atoms with Gasteiger partial charge in [-0.2, -0.15) is 35.8 Å². The number of halogens is 7. The van der Waals surface area contributed by atoms with Crippen LogP contribution in [0.1, 0.15) is 0 Å². The molecule has 2 N–H and O–H groups in total. The van der Waals surface area contributed by atoms with Gasteiger partial charge in [-0.1, -0.05) is 0 Å². The zero-order valence-electron chi connectivity index (χ0n) is 8.32. The number of aromatic nitrogens is 3. The second kappa shape index (κ2) is 4.54. The quantitative estimate of drug-likeness (QED) is 0.652. The summed E-state index contributed by atoms with van der Waals surface area (Å²) >= 11 is -1.41. The largest absolute Gasteiger partial charge is 0.460 e. The van der Waals surface area contributed by atoms with Gasteiger partial charge in [-0.05, 0) is 11.8 Å². The number of rotatable bonds is 3. The van der Waals surface area contributed by atoms with Crippen LogP contribution in [0.5, 0.6) is 0 Å². The van der Waals surface area contributed by atoms with E-state index in [9.17, 15) is 40.3 Å². The number of H-pyrrole nitrogens is 2. The average Bonchev–Trinajstić information content (AvgIpc) is 2.20. The van der Waals surface area contributed by atoms with E-state index in [0.717, 1.165) is 0 Å². The predicted octanol–water partition coefficient (Wildman–Crippen LogP) is 1.34. The molecule has 0 aliphatic heterocycles. The van der Waals surface area contributed by atoms with Crippen LogP contribution in [0.25, 0.3) is 0 Å². The third-order valence-electron chi connectivity index (χ3n) is 1.63. The number of hydrogen-bond acceptors (Lipinski definition) is 4. The van der Waals surface area contributed by atoms with Crippen LogP contribution in [0, 0.1) is 0 Å². The van der Waals surface area contributed by atoms with E-state index in [1.54, 1.807) is 0 Å². The van der Waals surface area contributed by atoms with Gasteiger partial charge in [0.2, 0.25) is 0 Å². The third kappa shape index (κ3) is 2.90. The first-order valence-corrected chi connectivity index (χ1v) is 4.90. The maximum absolute atomic E-state index is 12.9. The molecule has 0 aliphatic rings. The zero-order valence-corrected chi connectivity index (χ0v) is 9.13. The van der Waals surface area contributed by atoms with Gasteiger partial charge < -0.3 is 0 Å². The Morgan fingerprint density at radius 1 is 1.00 bits per heavy atom. The van der Waals surface area contributed by atoms with Gasteiger partial charge in [-0.3, -0.25) is 9.78 Å². The number of alkyl halides is 7. The molecule has 0 amide bonds. The van der Waals surface area contributed by atoms with Crippen LogP contribution in [-0.4, -0.2) is 32.5 Å². The van der Waals surface area contributed by atoms with Gasteiger partial charge in [0.05, 0.1) is 0 Å². The molecule has 0 saturated heterocycles. The van der Waals surface area contributed by atoms with E-state index in [1.165, 1.54) is 10.1 Å². The Hall–Kier alpha value is -1.53. The molecule has 0 saturated carbocycles. The molecular formula is C6H2F7N3O2S. The van der Waals surface area contributed by atoms with E-state index in [4.69, 9.17) is 0 Å². The Bertz CT molecular complexity index is 577. The van der Waals surface area contributed by atoms with Crippen LogP contribution in [0.15, 0.2) is 14.6 Å². The fraction of sp³-hybridized carbons (Fsp3) is 0.500. The molecule has 0 aliphatic carbocycles. The Morgan fingerprint density at radius 2 is 1.53 bits per heavy atom. The SMILES string of the molecule is O=c1[nH]nc(SC(F)(F)C(F)(F)C(F)(F)F)c(=O)[nH]1. The molecule has 19 heavy (non-hydrogen) atoms. The van der Waals surface area contributed by atoms with Crippen molar-refractivity contribution in [3.63, 3.8) is 0 Å². The molecule has 0 aromatic carbocycles. The molecule has 5 nitrogen and oxygen atoms in total. The molecule has 1 heterocycles. The molecular weight excluding hydrogens is 311 g/mol. The summed E-state index contributed by atoms with van der Waals surface area (Å²) in [5.41, 5.74) is -2.85. The number of thioether (sulfide) groups is 1. The molecule has 1 aromatic heterocycles. The van der Waals surface area contributed by atoms with Crippen LogP contribution in [-0.2, 0) is 0 Å². The van der Waals surface area contributed by atoms with Crippen molar-refractivity contribution in [2.24, 2.45) is 0 Å². The van der Waals surface area contributed by atoms with E-state index < -0.39 is 45.4 Å². The highest BCUT2D eigenvalue weighted by Crippen LogP contribution is 2.52. The van der Waals surface area contributed by atoms with E-state index in [0.29, 0.717) is 0 Å². The highest BCUT2D eigenvalue weighted by Gasteiger charge is 2.73. The first-order chi connectivity index (χ1) is 8.38. The van der Waals surface area contributed by atoms with Gasteiger partial charge in [-0.15, -0.1) is 0 Å². The van der Waals surface area contributed by atoms with Gasteiger partial charge in [0.1, 0.15) is 0 Å². The van der Waals surface area contributed by atoms with Crippen LogP contribution in [0.3, 0.4) is 0 Å². The second-order valence-corrected chi connectivity index (χ2v) is 4.11. The highest BCUT2D eigenvalue weighted by atomic mass is 32.2. The van der Waals surface area contributed by atoms with Crippen molar-refractivity contribution in [2.75, 3.05) is 0 Å². The lowest BCUT2D eigenvalue weighted by atomic mass is 10.3. The van der Waals surface area contributed by atoms with Gasteiger partial charge in [0.15, 0.2) is 5.03 Å². The van der Waals surface area contributed by atoms with Crippen LogP contribution in [0.2, 0.25) is 0 Å². The Morgan fingerprint density at radius 3 is 1.95 bits per heavy atom. The smallest absolute Gasteiger partial charge is 0.271 e. The van der Waals surface area contributed by atoms with Crippen LogP contribution < -0.4 is 11.2 Å². The summed E-state index contributed by atoms with van der Waals surface area (Å²) in [6.45, 7) is 0. The van der Waals surface area contributed by atoms with Gasteiger partial charge >= 0.3 is 23.0 Å². The van der Waals surface area contributed by atoms with E-state index >= 15 is 0 Å². The highest BCUT2D eigenvalue weighted by molar-refractivity contribution is 8.00. The summed E-state index contributed by atoms with van der Waals surface area (Å²) in [5, 5.41) is -3.04. The summed E-state index contributed by atoms with van der Waals surface area (Å²) in [6, 6.07) is 0. The first kappa shape index (κ1) is 15.5. The molecule has 0 fully saturated rings. The van der Waals surface area contributed by atoms with Gasteiger partial charge in [0, 0.05) is 0 Å². The second-order valence-electron chi connectivity index (χ2n) is 3.00. The molecule has 0 bridgehead atoms. The summed E-state index contributed by atoms with van der Waals surface area (Å²) in [5.74, 6) is -6.38. The van der Waals surface area contributed by atoms with Crippen LogP contribution >= 0.6 is 11.8 Å². The number of aromatic amines is 2. The van der Waals surface area contributed by atoms with E-state index in [2.05, 4.69) is 5.10 Å². The Labute approximate surface area is 102 Å². The average molecular weight is 313 g/mol. The lowest BCUT2D eigenvalue weighted by Crippen LogP contribution is -2.50. The third-order valence-corrected chi connectivity index (χ3v) is 2.61.